The maximum absolute atomic E-state index is 11.1. The summed E-state index contributed by atoms with van der Waals surface area (Å²) >= 11 is 10.5. The first-order chi connectivity index (χ1) is 36.8. The standard InChI is InChI=1S/C13H13N3S.C10H11NO2.C10H13N.C9H11NO.C9H11NS.C4H4N2S.C4H8O.CH4.B.Na.H/c1-3-10-5-6-11(16-12(10)4-1)9-17-13-14-7-2-8-15-13;1-13-10(12)9-6-5-7-3-2-4-8(7)11-9;1-2-9-7-6-8-4-3-5-10(8)11-9;2*11-6-8-5-4-7-2-1-3-9(7)10-8;7-4-5-2-1-3-6-4;1-2-4-5-3-1;;;;/h2,5-8H,1,3-4,9H2;5-6H,2-4H2,1H3;6-7H,2-5H2,1H3;2*4-5,11H,1-3,6H2;1-3H,(H,5,6,7);1-4H2;1H4;;;/q;;;;;;;;;+1;-1. The molecule has 0 bridgehead atoms. The number of pyridine rings is 5. The maximum atomic E-state index is 11.1. The third-order valence-electron chi connectivity index (χ3n) is 13.3. The number of ether oxygens (including phenoxy) is 2. The Morgan fingerprint density at radius 2 is 1.06 bits per heavy atom. The molecule has 0 amide bonds. The van der Waals surface area contributed by atoms with Crippen molar-refractivity contribution >= 4 is 51.0 Å². The number of carbonyl (C=O) groups is 1. The van der Waals surface area contributed by atoms with Gasteiger partial charge in [-0.25, -0.2) is 24.7 Å². The number of thioether (sulfide) groups is 1. The molecule has 0 unspecified atom stereocenters. The van der Waals surface area contributed by atoms with Crippen molar-refractivity contribution in [1.82, 2.24) is 44.9 Å². The molecule has 1 fully saturated rings. The Kier molecular flexibility index (Phi) is 30.8. The Labute approximate surface area is 503 Å². The molecule has 6 aliphatic rings. The Balaban J connectivity index is 0.000000246. The van der Waals surface area contributed by atoms with Crippen molar-refractivity contribution in [2.24, 2.45) is 0 Å². The number of esters is 1. The number of thiol groups is 1. The average Bonchev–Trinajstić information content (AvgIpc) is 4.35. The molecule has 0 saturated carbocycles. The number of aromatic amines is 1. The number of methoxy groups -OCH3 is 1. The van der Waals surface area contributed by atoms with E-state index in [1.54, 1.807) is 48.7 Å². The number of hydrogen-bond acceptors (Lipinski definition) is 15. The van der Waals surface area contributed by atoms with Gasteiger partial charge >= 0.3 is 35.5 Å². The molecule has 0 spiro atoms. The van der Waals surface area contributed by atoms with Crippen LogP contribution in [0, 0.1) is 4.77 Å². The molecule has 7 aromatic heterocycles. The van der Waals surface area contributed by atoms with Crippen LogP contribution in [-0.4, -0.2) is 84.7 Å². The van der Waals surface area contributed by atoms with Gasteiger partial charge in [-0.1, -0.05) is 56.4 Å². The fraction of sp³-hybridized carbons (Fsp3) is 0.433. The predicted octanol–water partition coefficient (Wildman–Crippen LogP) is 8.51. The average molecular weight is 1120 g/mol. The van der Waals surface area contributed by atoms with Crippen LogP contribution in [-0.2, 0) is 98.2 Å². The van der Waals surface area contributed by atoms with E-state index >= 15 is 0 Å². The fourth-order valence-corrected chi connectivity index (χ4v) is 10.3. The number of H-pyrrole nitrogens is 1. The largest absolute Gasteiger partial charge is 1.00 e. The first-order valence-corrected chi connectivity index (χ1v) is 28.5. The topological polar surface area (TPSA) is 175 Å². The molecule has 5 aliphatic carbocycles. The molecule has 1 saturated heterocycles. The summed E-state index contributed by atoms with van der Waals surface area (Å²) in [5.74, 6) is 1.25. The third kappa shape index (κ3) is 21.4. The molecule has 2 N–H and O–H groups in total. The van der Waals surface area contributed by atoms with Gasteiger partial charge in [-0.15, -0.1) is 0 Å². The summed E-state index contributed by atoms with van der Waals surface area (Å²) in [6.45, 7) is 4.22. The predicted molar refractivity (Wildman–Crippen MR) is 315 cm³/mol. The number of carbonyl (C=O) groups excluding carboxylic acids is 1. The van der Waals surface area contributed by atoms with Crippen molar-refractivity contribution < 1.29 is 50.4 Å². The normalized spacial score (nSPS) is 13.9. The zero-order valence-electron chi connectivity index (χ0n) is 46.1. The van der Waals surface area contributed by atoms with Gasteiger partial charge in [0.25, 0.3) is 0 Å². The Morgan fingerprint density at radius 3 is 1.49 bits per heavy atom. The number of nitrogens with zero attached hydrogens (tertiary/aromatic N) is 8. The van der Waals surface area contributed by atoms with E-state index < -0.39 is 0 Å². The Bertz CT molecular complexity index is 2800. The fourth-order valence-electron chi connectivity index (χ4n) is 9.27. The molecular weight excluding hydrogens is 1040 g/mol. The van der Waals surface area contributed by atoms with E-state index in [9.17, 15) is 4.79 Å². The van der Waals surface area contributed by atoms with Crippen LogP contribution in [0.4, 0.5) is 0 Å². The molecule has 18 heteroatoms. The summed E-state index contributed by atoms with van der Waals surface area (Å²) in [4.78, 5) is 48.3. The van der Waals surface area contributed by atoms with Crippen LogP contribution >= 0.6 is 36.6 Å². The number of rotatable bonds is 7. The monoisotopic (exact) mass is 1120 g/mol. The van der Waals surface area contributed by atoms with Crippen molar-refractivity contribution in [2.75, 3.05) is 20.3 Å². The van der Waals surface area contributed by atoms with E-state index in [4.69, 9.17) is 14.8 Å². The number of hydrogen-bond donors (Lipinski definition) is 3. The van der Waals surface area contributed by atoms with E-state index in [0.717, 1.165) is 104 Å². The minimum absolute atomic E-state index is 0. The number of aryl methyl sites for hydroxylation is 11. The van der Waals surface area contributed by atoms with E-state index in [1.807, 2.05) is 18.2 Å². The van der Waals surface area contributed by atoms with Crippen molar-refractivity contribution in [1.29, 1.82) is 0 Å². The van der Waals surface area contributed by atoms with Gasteiger partial charge in [0, 0.05) is 92.1 Å². The molecule has 3 radical (unpaired) electrons. The number of aliphatic hydroxyl groups is 1. The molecule has 8 heterocycles. The zero-order valence-corrected chi connectivity index (χ0v) is 49.6. The number of nitrogens with one attached hydrogen (secondary N) is 1. The molecule has 7 aromatic rings. The van der Waals surface area contributed by atoms with Gasteiger partial charge in [0.2, 0.25) is 0 Å². The first-order valence-electron chi connectivity index (χ1n) is 26.5. The Hall–Kier alpha value is -4.72. The zero-order chi connectivity index (χ0) is 52.5. The molecule has 13 nitrogen and oxygen atoms in total. The first kappa shape index (κ1) is 65.8. The van der Waals surface area contributed by atoms with Crippen LogP contribution in [0.2, 0.25) is 0 Å². The molecule has 0 atom stereocenters. The molecule has 0 aromatic carbocycles. The second-order valence-electron chi connectivity index (χ2n) is 18.6. The van der Waals surface area contributed by atoms with Crippen LogP contribution in [0.25, 0.3) is 0 Å². The smallest absolute Gasteiger partial charge is 1.00 e. The van der Waals surface area contributed by atoms with Crippen molar-refractivity contribution in [3.8, 4) is 0 Å². The van der Waals surface area contributed by atoms with Gasteiger partial charge < -0.3 is 21.0 Å². The SMILES string of the molecule is C.C1CCOC1.CCc1ccc2c(n1)CCC2.COC(=O)c1ccc2c(n1)CCC2.OCc1ccc2c(n1)CCC2.S=c1nccc[nH]1.SCc1ccc2c(n1)CCC2.[B].[H-].[Na+].c1cnc(SCc2ccc3c(n2)CCC3)nc1. The van der Waals surface area contributed by atoms with Gasteiger partial charge in [0.05, 0.1) is 30.8 Å². The minimum atomic E-state index is -0.352. The van der Waals surface area contributed by atoms with Crippen molar-refractivity contribution in [2.45, 2.75) is 153 Å². The van der Waals surface area contributed by atoms with Crippen LogP contribution in [0.5, 0.6) is 0 Å². The third-order valence-corrected chi connectivity index (χ3v) is 14.7. The van der Waals surface area contributed by atoms with E-state index in [0.29, 0.717) is 10.5 Å². The summed E-state index contributed by atoms with van der Waals surface area (Å²) < 4.78 is 10.1. The minimum Gasteiger partial charge on any atom is -1.00 e. The van der Waals surface area contributed by atoms with Gasteiger partial charge in [0.1, 0.15) is 5.69 Å². The van der Waals surface area contributed by atoms with Crippen LogP contribution in [0.1, 0.15) is 150 Å². The molecular formula is C60H76BN9NaO4S3. The number of fused-ring (bicyclic) bond motifs is 5. The molecule has 13 rings (SSSR count). The van der Waals surface area contributed by atoms with Gasteiger partial charge in [-0.3, -0.25) is 19.9 Å². The summed E-state index contributed by atoms with van der Waals surface area (Å²) in [6, 6.07) is 24.3. The Morgan fingerprint density at radius 1 is 0.628 bits per heavy atom. The van der Waals surface area contributed by atoms with E-state index in [2.05, 4.69) is 119 Å². The number of aliphatic hydroxyl groups excluding tert-OH is 1. The molecule has 78 heavy (non-hydrogen) atoms. The van der Waals surface area contributed by atoms with E-state index in [-0.39, 0.29) is 59.4 Å². The molecule has 1 aliphatic heterocycles. The molecule has 407 valence electrons. The second-order valence-corrected chi connectivity index (χ2v) is 20.2. The maximum Gasteiger partial charge on any atom is 1.00 e. The summed E-state index contributed by atoms with van der Waals surface area (Å²) in [5.41, 5.74) is 17.9. The summed E-state index contributed by atoms with van der Waals surface area (Å²) in [7, 11) is 1.37. The van der Waals surface area contributed by atoms with Crippen molar-refractivity contribution in [3.63, 3.8) is 0 Å². The summed E-state index contributed by atoms with van der Waals surface area (Å²) in [5, 5.41) is 9.62. The van der Waals surface area contributed by atoms with Gasteiger partial charge in [-0.2, -0.15) is 12.6 Å². The summed E-state index contributed by atoms with van der Waals surface area (Å²) in [6.07, 6.45) is 28.2. The quantitative estimate of drug-likeness (QED) is 0.0346. The van der Waals surface area contributed by atoms with E-state index in [1.165, 1.54) is 128 Å². The van der Waals surface area contributed by atoms with Gasteiger partial charge in [0.15, 0.2) is 9.93 Å². The van der Waals surface area contributed by atoms with Crippen LogP contribution in [0.15, 0.2) is 103 Å². The van der Waals surface area contributed by atoms with Crippen LogP contribution in [0.3, 0.4) is 0 Å². The van der Waals surface area contributed by atoms with Crippen LogP contribution < -0.4 is 29.6 Å². The number of aromatic nitrogens is 9. The van der Waals surface area contributed by atoms with Gasteiger partial charge in [-0.05, 0) is 198 Å². The second kappa shape index (κ2) is 36.5. The van der Waals surface area contributed by atoms with Crippen molar-refractivity contribution in [3.05, 3.63) is 187 Å².